The Bertz CT molecular complexity index is 328. The molecule has 78 valence electrons. The lowest BCUT2D eigenvalue weighted by atomic mass is 10.1. The molecular weight excluding hydrogens is 192 g/mol. The zero-order valence-electron chi connectivity index (χ0n) is 8.25. The van der Waals surface area contributed by atoms with E-state index in [1.54, 1.807) is 11.1 Å². The van der Waals surface area contributed by atoms with Crippen molar-refractivity contribution >= 4 is 12.2 Å². The van der Waals surface area contributed by atoms with Crippen molar-refractivity contribution in [2.24, 2.45) is 0 Å². The van der Waals surface area contributed by atoms with Crippen molar-refractivity contribution in [2.45, 2.75) is 19.3 Å². The molecule has 0 saturated carbocycles. The lowest BCUT2D eigenvalue weighted by molar-refractivity contribution is 0.562. The van der Waals surface area contributed by atoms with Crippen molar-refractivity contribution in [3.63, 3.8) is 0 Å². The molecule has 0 radical (unpaired) electrons. The minimum Gasteiger partial charge on any atom is -0.222 e. The van der Waals surface area contributed by atoms with Crippen LogP contribution in [0, 0.1) is 10.8 Å². The number of carbonyl (C=O) groups excluding carboxylic acids is 2. The normalized spacial score (nSPS) is 10.4. The highest BCUT2D eigenvalue weighted by Gasteiger charge is 2.07. The number of rotatable bonds is 0. The van der Waals surface area contributed by atoms with Gasteiger partial charge in [0.25, 0.3) is 0 Å². The first-order valence-corrected chi connectivity index (χ1v) is 4.44. The van der Waals surface area contributed by atoms with Crippen molar-refractivity contribution in [3.05, 3.63) is 35.4 Å². The first kappa shape index (κ1) is 13.0. The van der Waals surface area contributed by atoms with Crippen LogP contribution < -0.4 is 0 Å². The molecule has 4 nitrogen and oxygen atoms in total. The smallest absolute Gasteiger partial charge is 0.222 e. The van der Waals surface area contributed by atoms with E-state index in [0.717, 1.165) is 12.2 Å². The Morgan fingerprint density at radius 1 is 0.933 bits per heavy atom. The van der Waals surface area contributed by atoms with Crippen LogP contribution in [0.4, 0.5) is 0 Å². The molecule has 0 aliphatic heterocycles. The Morgan fingerprint density at radius 3 is 1.60 bits per heavy atom. The molecule has 4 heteroatoms. The van der Waals surface area contributed by atoms with E-state index in [0.29, 0.717) is 0 Å². The molecule has 15 heavy (non-hydrogen) atoms. The molecule has 1 aromatic rings. The van der Waals surface area contributed by atoms with Crippen molar-refractivity contribution in [2.75, 3.05) is 0 Å². The highest BCUT2D eigenvalue weighted by molar-refractivity contribution is 5.30. The van der Waals surface area contributed by atoms with E-state index in [9.17, 15) is 0 Å². The van der Waals surface area contributed by atoms with E-state index >= 15 is 0 Å². The van der Waals surface area contributed by atoms with Gasteiger partial charge in [-0.1, -0.05) is 24.3 Å². The molecule has 0 heterocycles. The topological polar surface area (TPSA) is 81.8 Å². The summed E-state index contributed by atoms with van der Waals surface area (Å²) < 4.78 is 0. The maximum atomic E-state index is 8.35. The summed E-state index contributed by atoms with van der Waals surface area (Å²) in [5.74, 6) is 0. The molecular formula is C11H12N2O2. The molecule has 1 aliphatic carbocycles. The van der Waals surface area contributed by atoms with Gasteiger partial charge in [-0.3, -0.25) is 0 Å². The summed E-state index contributed by atoms with van der Waals surface area (Å²) in [6.07, 6.45) is 5.46. The zero-order chi connectivity index (χ0) is 11.5. The molecule has 0 saturated heterocycles. The van der Waals surface area contributed by atoms with Gasteiger partial charge in [0.15, 0.2) is 0 Å². The first-order chi connectivity index (χ1) is 7.29. The number of benzene rings is 1. The van der Waals surface area contributed by atoms with Gasteiger partial charge in [-0.15, -0.1) is 0 Å². The molecule has 0 fully saturated rings. The highest BCUT2D eigenvalue weighted by Crippen LogP contribution is 2.20. The largest absolute Gasteiger partial charge is 0.231 e. The molecule has 0 atom stereocenters. The molecule has 1 aliphatic rings. The number of nitrogens with one attached hydrogen (secondary N) is 2. The van der Waals surface area contributed by atoms with Gasteiger partial charge in [0.2, 0.25) is 12.2 Å². The summed E-state index contributed by atoms with van der Waals surface area (Å²) in [5, 5.41) is 10.8. The van der Waals surface area contributed by atoms with Crippen LogP contribution >= 0.6 is 0 Å². The molecule has 0 aromatic heterocycles. The van der Waals surface area contributed by atoms with Crippen molar-refractivity contribution < 1.29 is 9.59 Å². The minimum absolute atomic E-state index is 0.750. The molecule has 1 aromatic carbocycles. The number of hydrogen-bond donors (Lipinski definition) is 2. The summed E-state index contributed by atoms with van der Waals surface area (Å²) in [6, 6.07) is 8.74. The van der Waals surface area contributed by atoms with Gasteiger partial charge in [-0.2, -0.15) is 0 Å². The van der Waals surface area contributed by atoms with Crippen LogP contribution in [-0.4, -0.2) is 12.2 Å². The van der Waals surface area contributed by atoms with E-state index in [1.165, 1.54) is 19.3 Å². The molecule has 0 bridgehead atoms. The SMILES string of the molecule is N=C=O.N=C=O.c1ccc2c(c1)CCC2. The number of hydrogen-bond acceptors (Lipinski definition) is 4. The van der Waals surface area contributed by atoms with Crippen LogP contribution in [0.15, 0.2) is 24.3 Å². The maximum absolute atomic E-state index is 8.35. The van der Waals surface area contributed by atoms with Crippen LogP contribution in [0.5, 0.6) is 0 Å². The van der Waals surface area contributed by atoms with Crippen LogP contribution in [0.3, 0.4) is 0 Å². The minimum atomic E-state index is 0.750. The van der Waals surface area contributed by atoms with Gasteiger partial charge in [0, 0.05) is 0 Å². The number of isocyanates is 2. The van der Waals surface area contributed by atoms with Crippen molar-refractivity contribution in [1.29, 1.82) is 10.8 Å². The molecule has 2 N–H and O–H groups in total. The summed E-state index contributed by atoms with van der Waals surface area (Å²) in [6.45, 7) is 0. The average molecular weight is 204 g/mol. The molecule has 2 rings (SSSR count). The fourth-order valence-corrected chi connectivity index (χ4v) is 1.51. The Morgan fingerprint density at radius 2 is 1.27 bits per heavy atom. The summed E-state index contributed by atoms with van der Waals surface area (Å²) in [7, 11) is 0. The predicted octanol–water partition coefficient (Wildman–Crippen LogP) is 1.98. The van der Waals surface area contributed by atoms with Crippen LogP contribution in [0.1, 0.15) is 17.5 Å². The van der Waals surface area contributed by atoms with Gasteiger partial charge in [-0.25, -0.2) is 20.4 Å². The fraction of sp³-hybridized carbons (Fsp3) is 0.273. The van der Waals surface area contributed by atoms with Gasteiger partial charge in [-0.05, 0) is 30.4 Å². The third kappa shape index (κ3) is 5.32. The van der Waals surface area contributed by atoms with E-state index in [1.807, 2.05) is 0 Å². The lowest BCUT2D eigenvalue weighted by Gasteiger charge is -1.93. The van der Waals surface area contributed by atoms with E-state index in [-0.39, 0.29) is 0 Å². The molecule has 0 unspecified atom stereocenters. The number of aryl methyl sites for hydroxylation is 2. The Hall–Kier alpha value is -2.02. The van der Waals surface area contributed by atoms with Crippen molar-refractivity contribution in [1.82, 2.24) is 0 Å². The van der Waals surface area contributed by atoms with E-state index in [4.69, 9.17) is 20.4 Å². The molecule has 0 amide bonds. The van der Waals surface area contributed by atoms with Gasteiger partial charge in [0.05, 0.1) is 0 Å². The monoisotopic (exact) mass is 204 g/mol. The Labute approximate surface area is 88.0 Å². The Kier molecular flexibility index (Phi) is 7.42. The number of fused-ring (bicyclic) bond motifs is 1. The van der Waals surface area contributed by atoms with Crippen LogP contribution in [0.2, 0.25) is 0 Å². The van der Waals surface area contributed by atoms with Gasteiger partial charge < -0.3 is 0 Å². The fourth-order valence-electron chi connectivity index (χ4n) is 1.51. The van der Waals surface area contributed by atoms with Crippen molar-refractivity contribution in [3.8, 4) is 0 Å². The first-order valence-electron chi connectivity index (χ1n) is 4.44. The zero-order valence-corrected chi connectivity index (χ0v) is 8.25. The highest BCUT2D eigenvalue weighted by atomic mass is 16.1. The van der Waals surface area contributed by atoms with Crippen LogP contribution in [-0.2, 0) is 22.4 Å². The second-order valence-corrected chi connectivity index (χ2v) is 2.83. The lowest BCUT2D eigenvalue weighted by Crippen LogP contribution is -1.77. The summed E-state index contributed by atoms with van der Waals surface area (Å²) >= 11 is 0. The maximum Gasteiger partial charge on any atom is 0.231 e. The van der Waals surface area contributed by atoms with Gasteiger partial charge >= 0.3 is 0 Å². The Balaban J connectivity index is 0.000000280. The third-order valence-corrected chi connectivity index (χ3v) is 2.01. The summed E-state index contributed by atoms with van der Waals surface area (Å²) in [5.41, 5.74) is 3.13. The quantitative estimate of drug-likeness (QED) is 0.500. The second kappa shape index (κ2) is 8.57. The second-order valence-electron chi connectivity index (χ2n) is 2.83. The third-order valence-electron chi connectivity index (χ3n) is 2.01. The molecule has 0 spiro atoms. The van der Waals surface area contributed by atoms with E-state index < -0.39 is 0 Å². The van der Waals surface area contributed by atoms with Crippen LogP contribution in [0.25, 0.3) is 0 Å². The summed E-state index contributed by atoms with van der Waals surface area (Å²) in [4.78, 5) is 16.7. The standard InChI is InChI=1S/C9H10.2CHNO/c1-2-5-9-7-3-6-8(9)4-1;2*2-1-3/h1-2,4-5H,3,6-7H2;2*2H. The average Bonchev–Trinajstić information content (AvgIpc) is 2.67. The predicted molar refractivity (Wildman–Crippen MR) is 55.3 cm³/mol. The van der Waals surface area contributed by atoms with E-state index in [2.05, 4.69) is 24.3 Å². The van der Waals surface area contributed by atoms with Gasteiger partial charge in [0.1, 0.15) is 0 Å².